The largest absolute Gasteiger partial charge is 0.507 e. The second kappa shape index (κ2) is 8.36. The minimum Gasteiger partial charge on any atom is -0.507 e. The van der Waals surface area contributed by atoms with Crippen LogP contribution in [0.15, 0.2) is 42.5 Å². The molecule has 1 aromatic heterocycles. The molecule has 0 spiro atoms. The maximum Gasteiger partial charge on any atom is 0.274 e. The van der Waals surface area contributed by atoms with Crippen molar-refractivity contribution in [3.05, 3.63) is 58.7 Å². The van der Waals surface area contributed by atoms with Crippen molar-refractivity contribution in [3.63, 3.8) is 0 Å². The molecule has 1 aliphatic heterocycles. The van der Waals surface area contributed by atoms with Crippen LogP contribution in [0.25, 0.3) is 21.7 Å². The van der Waals surface area contributed by atoms with Crippen LogP contribution in [0.4, 0.5) is 5.69 Å². The topological polar surface area (TPSA) is 74.8 Å². The Morgan fingerprint density at radius 1 is 1.21 bits per heavy atom. The van der Waals surface area contributed by atoms with Gasteiger partial charge in [-0.1, -0.05) is 11.6 Å². The number of halogens is 2. The Morgan fingerprint density at radius 2 is 2.03 bits per heavy atom. The normalized spacial score (nSPS) is 15.3. The van der Waals surface area contributed by atoms with E-state index in [1.807, 2.05) is 25.1 Å². The summed E-state index contributed by atoms with van der Waals surface area (Å²) in [6.45, 7) is 2.79. The van der Waals surface area contributed by atoms with Crippen LogP contribution >= 0.6 is 23.2 Å². The predicted molar refractivity (Wildman–Crippen MR) is 132 cm³/mol. The number of methoxy groups -OCH3 is 1. The Bertz CT molecular complexity index is 1400. The number of alkyl halides is 1. The van der Waals surface area contributed by atoms with E-state index >= 15 is 0 Å². The van der Waals surface area contributed by atoms with Crippen molar-refractivity contribution < 1.29 is 19.4 Å². The van der Waals surface area contributed by atoms with Crippen molar-refractivity contribution in [2.45, 2.75) is 12.8 Å². The third-order valence-electron chi connectivity index (χ3n) is 6.08. The lowest BCUT2D eigenvalue weighted by molar-refractivity contribution is 0.0984. The monoisotopic (exact) mass is 484 g/mol. The van der Waals surface area contributed by atoms with E-state index in [0.717, 1.165) is 21.9 Å². The molecule has 6 nitrogen and oxygen atoms in total. The third kappa shape index (κ3) is 3.54. The molecule has 0 saturated carbocycles. The molecule has 33 heavy (non-hydrogen) atoms. The molecule has 3 aromatic carbocycles. The molecule has 0 fully saturated rings. The molecule has 0 radical (unpaired) electrons. The molecule has 0 saturated heterocycles. The molecule has 4 aromatic rings. The standard InChI is InChI=1S/C25H22Cl2N2O4/c1-3-33-23-7-13-6-20(28-19(13)9-18(23)27)25(31)29-12-14(11-26)24-17-8-15(32-2)4-5-16(17)22(30)10-21(24)29/h4-10,14,28,30H,3,11-12H2,1-2H3/t14-/m1/s1. The van der Waals surface area contributed by atoms with Crippen molar-refractivity contribution in [1.29, 1.82) is 0 Å². The third-order valence-corrected chi connectivity index (χ3v) is 6.75. The van der Waals surface area contributed by atoms with E-state index in [-0.39, 0.29) is 17.6 Å². The van der Waals surface area contributed by atoms with Crippen LogP contribution in [0.2, 0.25) is 5.02 Å². The first-order valence-electron chi connectivity index (χ1n) is 10.6. The highest BCUT2D eigenvalue weighted by atomic mass is 35.5. The smallest absolute Gasteiger partial charge is 0.274 e. The summed E-state index contributed by atoms with van der Waals surface area (Å²) in [5, 5.41) is 13.5. The molecule has 8 heteroatoms. The lowest BCUT2D eigenvalue weighted by atomic mass is 9.95. The van der Waals surface area contributed by atoms with E-state index in [4.69, 9.17) is 32.7 Å². The zero-order valence-electron chi connectivity index (χ0n) is 18.1. The number of hydrogen-bond acceptors (Lipinski definition) is 4. The van der Waals surface area contributed by atoms with Crippen LogP contribution in [-0.4, -0.2) is 42.1 Å². The summed E-state index contributed by atoms with van der Waals surface area (Å²) >= 11 is 12.6. The molecule has 1 aliphatic rings. The number of fused-ring (bicyclic) bond motifs is 4. The number of carbonyl (C=O) groups is 1. The number of aromatic amines is 1. The molecular weight excluding hydrogens is 463 g/mol. The minimum absolute atomic E-state index is 0.0794. The fourth-order valence-corrected chi connectivity index (χ4v) is 5.03. The first kappa shape index (κ1) is 21.7. The highest BCUT2D eigenvalue weighted by Crippen LogP contribution is 2.46. The summed E-state index contributed by atoms with van der Waals surface area (Å²) in [4.78, 5) is 18.4. The van der Waals surface area contributed by atoms with Crippen LogP contribution in [0.1, 0.15) is 28.9 Å². The number of nitrogens with one attached hydrogen (secondary N) is 1. The molecular formula is C25H22Cl2N2O4. The maximum atomic E-state index is 13.6. The average Bonchev–Trinajstić information content (AvgIpc) is 3.39. The maximum absolute atomic E-state index is 13.6. The highest BCUT2D eigenvalue weighted by Gasteiger charge is 2.35. The van der Waals surface area contributed by atoms with Gasteiger partial charge in [-0.2, -0.15) is 0 Å². The van der Waals surface area contributed by atoms with Crippen molar-refractivity contribution >= 4 is 56.5 Å². The minimum atomic E-state index is -0.212. The summed E-state index contributed by atoms with van der Waals surface area (Å²) < 4.78 is 11.0. The number of phenols is 1. The summed E-state index contributed by atoms with van der Waals surface area (Å²) in [5.41, 5.74) is 2.74. The van der Waals surface area contributed by atoms with Gasteiger partial charge in [0.25, 0.3) is 5.91 Å². The van der Waals surface area contributed by atoms with Crippen LogP contribution < -0.4 is 14.4 Å². The number of hydrogen-bond donors (Lipinski definition) is 2. The lowest BCUT2D eigenvalue weighted by Gasteiger charge is -2.17. The van der Waals surface area contributed by atoms with Gasteiger partial charge in [0.15, 0.2) is 0 Å². The van der Waals surface area contributed by atoms with Gasteiger partial charge in [-0.15, -0.1) is 11.6 Å². The molecule has 1 amide bonds. The molecule has 5 rings (SSSR count). The fraction of sp³-hybridized carbons (Fsp3) is 0.240. The number of amides is 1. The molecule has 1 atom stereocenters. The first-order valence-corrected chi connectivity index (χ1v) is 11.5. The number of benzene rings is 3. The summed E-state index contributed by atoms with van der Waals surface area (Å²) in [7, 11) is 1.60. The van der Waals surface area contributed by atoms with E-state index in [2.05, 4.69) is 4.98 Å². The van der Waals surface area contributed by atoms with Crippen molar-refractivity contribution in [1.82, 2.24) is 4.98 Å². The summed E-state index contributed by atoms with van der Waals surface area (Å²) in [6, 6.07) is 12.5. The SMILES string of the molecule is CCOc1cc2cc(C(=O)N3C[C@@H](CCl)c4c3cc(O)c3ccc(OC)cc43)[nH]c2cc1Cl. The van der Waals surface area contributed by atoms with E-state index < -0.39 is 0 Å². The number of phenolic OH excluding ortho intramolecular Hbond substituents is 1. The molecule has 0 bridgehead atoms. The van der Waals surface area contributed by atoms with E-state index in [9.17, 15) is 9.90 Å². The number of aromatic nitrogens is 1. The number of aromatic hydroxyl groups is 1. The number of nitrogens with zero attached hydrogens (tertiary/aromatic N) is 1. The zero-order valence-corrected chi connectivity index (χ0v) is 19.6. The molecule has 2 N–H and O–H groups in total. The Morgan fingerprint density at radius 3 is 2.76 bits per heavy atom. The number of H-pyrrole nitrogens is 1. The Balaban J connectivity index is 1.61. The Labute approximate surface area is 200 Å². The van der Waals surface area contributed by atoms with Gasteiger partial charge < -0.3 is 24.5 Å². The fourth-order valence-electron chi connectivity index (χ4n) is 4.56. The second-order valence-electron chi connectivity index (χ2n) is 7.99. The number of rotatable bonds is 5. The van der Waals surface area contributed by atoms with Gasteiger partial charge in [0.1, 0.15) is 22.9 Å². The van der Waals surface area contributed by atoms with Gasteiger partial charge in [-0.3, -0.25) is 4.79 Å². The number of carbonyl (C=O) groups excluding carboxylic acids is 1. The highest BCUT2D eigenvalue weighted by molar-refractivity contribution is 6.32. The van der Waals surface area contributed by atoms with E-state index in [0.29, 0.717) is 52.3 Å². The van der Waals surface area contributed by atoms with Crippen molar-refractivity contribution in [2.75, 3.05) is 31.0 Å². The van der Waals surface area contributed by atoms with Crippen LogP contribution in [0.3, 0.4) is 0 Å². The van der Waals surface area contributed by atoms with Crippen molar-refractivity contribution in [2.24, 2.45) is 0 Å². The summed E-state index contributed by atoms with van der Waals surface area (Å²) in [5.74, 6) is 1.40. The second-order valence-corrected chi connectivity index (χ2v) is 8.71. The Hall–Kier alpha value is -3.09. The average molecular weight is 485 g/mol. The molecule has 0 aliphatic carbocycles. The van der Waals surface area contributed by atoms with Gasteiger partial charge >= 0.3 is 0 Å². The molecule has 2 heterocycles. The van der Waals surface area contributed by atoms with Gasteiger partial charge in [0, 0.05) is 40.7 Å². The van der Waals surface area contributed by atoms with E-state index in [1.165, 1.54) is 0 Å². The molecule has 170 valence electrons. The number of anilines is 1. The van der Waals surface area contributed by atoms with E-state index in [1.54, 1.807) is 36.3 Å². The zero-order chi connectivity index (χ0) is 23.3. The van der Waals surface area contributed by atoms with Crippen LogP contribution in [0.5, 0.6) is 17.2 Å². The Kier molecular flexibility index (Phi) is 5.51. The molecule has 0 unspecified atom stereocenters. The lowest BCUT2D eigenvalue weighted by Crippen LogP contribution is -2.30. The quantitative estimate of drug-likeness (QED) is 0.337. The van der Waals surface area contributed by atoms with Crippen LogP contribution in [0, 0.1) is 0 Å². The van der Waals surface area contributed by atoms with Gasteiger partial charge in [-0.05, 0) is 54.3 Å². The van der Waals surface area contributed by atoms with Gasteiger partial charge in [0.2, 0.25) is 0 Å². The summed E-state index contributed by atoms with van der Waals surface area (Å²) in [6.07, 6.45) is 0. The first-order chi connectivity index (χ1) is 15.9. The predicted octanol–water partition coefficient (Wildman–Crippen LogP) is 6.07. The number of ether oxygens (including phenoxy) is 2. The van der Waals surface area contributed by atoms with Gasteiger partial charge in [-0.25, -0.2) is 0 Å². The van der Waals surface area contributed by atoms with Crippen molar-refractivity contribution in [3.8, 4) is 17.2 Å². The van der Waals surface area contributed by atoms with Crippen LogP contribution in [-0.2, 0) is 0 Å². The van der Waals surface area contributed by atoms with Gasteiger partial charge in [0.05, 0.1) is 24.4 Å².